The van der Waals surface area contributed by atoms with Gasteiger partial charge in [-0.25, -0.2) is 0 Å². The minimum Gasteiger partial charge on any atom is -0.497 e. The highest BCUT2D eigenvalue weighted by Gasteiger charge is 2.38. The third kappa shape index (κ3) is 7.71. The fourth-order valence-corrected chi connectivity index (χ4v) is 4.93. The molecule has 4 aromatic carbocycles. The van der Waals surface area contributed by atoms with Gasteiger partial charge < -0.3 is 18.9 Å². The van der Waals surface area contributed by atoms with Crippen molar-refractivity contribution in [2.24, 2.45) is 0 Å². The SMILES string of the molecule is C#Cc1cc(COC(=O)CCC(=O)CC)cc(COC(c2ccccc2)(c2ccc(OC)cc2)c2ccc(OC)cc2)c1. The smallest absolute Gasteiger partial charge is 0.306 e. The first-order valence-electron chi connectivity index (χ1n) is 14.2. The summed E-state index contributed by atoms with van der Waals surface area (Å²) in [5.41, 5.74) is 3.97. The molecule has 43 heavy (non-hydrogen) atoms. The lowest BCUT2D eigenvalue weighted by molar-refractivity contribution is -0.146. The molecule has 0 spiro atoms. The normalized spacial score (nSPS) is 10.9. The van der Waals surface area contributed by atoms with Crippen LogP contribution in [0.15, 0.2) is 97.1 Å². The number of hydrogen-bond acceptors (Lipinski definition) is 6. The summed E-state index contributed by atoms with van der Waals surface area (Å²) in [6, 6.07) is 31.3. The largest absolute Gasteiger partial charge is 0.497 e. The molecule has 220 valence electrons. The average Bonchev–Trinajstić information content (AvgIpc) is 3.07. The Morgan fingerprint density at radius 1 is 0.721 bits per heavy atom. The van der Waals surface area contributed by atoms with E-state index in [-0.39, 0.29) is 31.8 Å². The van der Waals surface area contributed by atoms with Gasteiger partial charge in [0.1, 0.15) is 29.5 Å². The van der Waals surface area contributed by atoms with Gasteiger partial charge in [-0.15, -0.1) is 6.42 Å². The molecule has 0 heterocycles. The van der Waals surface area contributed by atoms with Crippen molar-refractivity contribution in [2.45, 2.75) is 45.0 Å². The Labute approximate surface area is 253 Å². The van der Waals surface area contributed by atoms with E-state index in [1.54, 1.807) is 21.1 Å². The summed E-state index contributed by atoms with van der Waals surface area (Å²) in [6.07, 6.45) is 6.43. The van der Waals surface area contributed by atoms with Gasteiger partial charge in [0.15, 0.2) is 0 Å². The van der Waals surface area contributed by atoms with E-state index in [1.807, 2.05) is 97.1 Å². The molecule has 0 amide bonds. The molecule has 0 atom stereocenters. The highest BCUT2D eigenvalue weighted by Crippen LogP contribution is 2.42. The zero-order valence-electron chi connectivity index (χ0n) is 24.8. The number of carbonyl (C=O) groups is 2. The van der Waals surface area contributed by atoms with Crippen LogP contribution in [-0.2, 0) is 37.9 Å². The van der Waals surface area contributed by atoms with Gasteiger partial charge in [0.25, 0.3) is 0 Å². The van der Waals surface area contributed by atoms with Gasteiger partial charge in [-0.1, -0.05) is 67.4 Å². The Balaban J connectivity index is 1.70. The molecule has 6 nitrogen and oxygen atoms in total. The molecule has 6 heteroatoms. The molecule has 0 unspecified atom stereocenters. The van der Waals surface area contributed by atoms with Crippen LogP contribution >= 0.6 is 0 Å². The number of rotatable bonds is 14. The summed E-state index contributed by atoms with van der Waals surface area (Å²) in [7, 11) is 3.27. The molecular formula is C37H36O6. The number of carbonyl (C=O) groups excluding carboxylic acids is 2. The molecule has 0 fully saturated rings. The number of methoxy groups -OCH3 is 2. The van der Waals surface area contributed by atoms with Crippen LogP contribution in [0.4, 0.5) is 0 Å². The fourth-order valence-electron chi connectivity index (χ4n) is 4.93. The molecule has 0 aliphatic heterocycles. The van der Waals surface area contributed by atoms with Crippen LogP contribution in [0.3, 0.4) is 0 Å². The third-order valence-electron chi connectivity index (χ3n) is 7.25. The van der Waals surface area contributed by atoms with Gasteiger partial charge in [0.05, 0.1) is 27.2 Å². The molecule has 0 bridgehead atoms. The minimum atomic E-state index is -0.996. The van der Waals surface area contributed by atoms with Crippen molar-refractivity contribution >= 4 is 11.8 Å². The highest BCUT2D eigenvalue weighted by atomic mass is 16.5. The van der Waals surface area contributed by atoms with Crippen LogP contribution in [0.5, 0.6) is 11.5 Å². The standard InChI is InChI=1S/C37H36O6/c1-5-27-22-28(25-42-36(39)21-16-33(38)6-2)24-29(23-27)26-43-37(30-10-8-7-9-11-30,31-12-17-34(40-3)18-13-31)32-14-19-35(41-4)20-15-32/h1,7-15,17-20,22-24H,6,16,21,25-26H2,2-4H3. The van der Waals surface area contributed by atoms with Gasteiger partial charge >= 0.3 is 5.97 Å². The van der Waals surface area contributed by atoms with Gasteiger partial charge in [0, 0.05) is 18.4 Å². The lowest BCUT2D eigenvalue weighted by Crippen LogP contribution is -2.32. The minimum absolute atomic E-state index is 0.0290. The van der Waals surface area contributed by atoms with Gasteiger partial charge in [-0.3, -0.25) is 9.59 Å². The summed E-state index contributed by atoms with van der Waals surface area (Å²) in [4.78, 5) is 23.8. The van der Waals surface area contributed by atoms with E-state index < -0.39 is 11.6 Å². The lowest BCUT2D eigenvalue weighted by atomic mass is 9.80. The van der Waals surface area contributed by atoms with Gasteiger partial charge in [0.2, 0.25) is 0 Å². The summed E-state index contributed by atoms with van der Waals surface area (Å²) >= 11 is 0. The number of ether oxygens (including phenoxy) is 4. The second kappa shape index (κ2) is 14.9. The van der Waals surface area contributed by atoms with E-state index in [1.165, 1.54) is 0 Å². The van der Waals surface area contributed by atoms with Crippen molar-refractivity contribution in [3.8, 4) is 23.8 Å². The molecule has 0 aliphatic carbocycles. The second-order valence-corrected chi connectivity index (χ2v) is 10.0. The predicted octanol–water partition coefficient (Wildman–Crippen LogP) is 7.00. The Morgan fingerprint density at radius 3 is 1.77 bits per heavy atom. The Bertz CT molecular complexity index is 1500. The monoisotopic (exact) mass is 576 g/mol. The third-order valence-corrected chi connectivity index (χ3v) is 7.25. The molecule has 0 radical (unpaired) electrons. The first-order chi connectivity index (χ1) is 20.9. The van der Waals surface area contributed by atoms with Crippen LogP contribution in [0.2, 0.25) is 0 Å². The van der Waals surface area contributed by atoms with Crippen LogP contribution in [0.25, 0.3) is 0 Å². The Morgan fingerprint density at radius 2 is 1.26 bits per heavy atom. The average molecular weight is 577 g/mol. The van der Waals surface area contributed by atoms with Crippen LogP contribution in [0, 0.1) is 12.3 Å². The number of Topliss-reactive ketones (excluding diaryl/α,β-unsaturated/α-hetero) is 1. The van der Waals surface area contributed by atoms with E-state index in [9.17, 15) is 9.59 Å². The summed E-state index contributed by atoms with van der Waals surface area (Å²) in [6.45, 7) is 2.02. The highest BCUT2D eigenvalue weighted by molar-refractivity contribution is 5.82. The van der Waals surface area contributed by atoms with Crippen molar-refractivity contribution in [3.63, 3.8) is 0 Å². The number of hydrogen-bond donors (Lipinski definition) is 0. The van der Waals surface area contributed by atoms with E-state index in [0.29, 0.717) is 12.0 Å². The molecule has 4 rings (SSSR count). The van der Waals surface area contributed by atoms with Crippen molar-refractivity contribution in [3.05, 3.63) is 130 Å². The quantitative estimate of drug-likeness (QED) is 0.0915. The van der Waals surface area contributed by atoms with E-state index in [2.05, 4.69) is 5.92 Å². The zero-order valence-corrected chi connectivity index (χ0v) is 24.8. The topological polar surface area (TPSA) is 71.1 Å². The van der Waals surface area contributed by atoms with E-state index >= 15 is 0 Å². The van der Waals surface area contributed by atoms with Crippen molar-refractivity contribution in [1.82, 2.24) is 0 Å². The van der Waals surface area contributed by atoms with Gasteiger partial charge in [-0.05, 0) is 70.3 Å². The Hall–Kier alpha value is -4.86. The van der Waals surface area contributed by atoms with Crippen LogP contribution < -0.4 is 9.47 Å². The zero-order chi connectivity index (χ0) is 30.7. The maximum atomic E-state index is 12.2. The fraction of sp³-hybridized carbons (Fsp3) is 0.243. The summed E-state index contributed by atoms with van der Waals surface area (Å²) in [5.74, 6) is 3.77. The lowest BCUT2D eigenvalue weighted by Gasteiger charge is -2.36. The van der Waals surface area contributed by atoms with Crippen LogP contribution in [0.1, 0.15) is 59.6 Å². The molecule has 0 aliphatic rings. The first-order valence-corrected chi connectivity index (χ1v) is 14.2. The molecule has 0 saturated heterocycles. The summed E-state index contributed by atoms with van der Waals surface area (Å²) < 4.78 is 23.3. The first kappa shape index (κ1) is 31.1. The summed E-state index contributed by atoms with van der Waals surface area (Å²) in [5, 5.41) is 0. The van der Waals surface area contributed by atoms with Crippen molar-refractivity contribution < 1.29 is 28.5 Å². The van der Waals surface area contributed by atoms with Crippen molar-refractivity contribution in [2.75, 3.05) is 14.2 Å². The number of benzene rings is 4. The maximum absolute atomic E-state index is 12.2. The number of terminal acetylenes is 1. The molecule has 0 saturated carbocycles. The van der Waals surface area contributed by atoms with Crippen molar-refractivity contribution in [1.29, 1.82) is 0 Å². The van der Waals surface area contributed by atoms with Gasteiger partial charge in [-0.2, -0.15) is 0 Å². The van der Waals surface area contributed by atoms with E-state index in [4.69, 9.17) is 25.4 Å². The maximum Gasteiger partial charge on any atom is 0.306 e. The number of esters is 1. The molecule has 4 aromatic rings. The molecule has 0 N–H and O–H groups in total. The van der Waals surface area contributed by atoms with E-state index in [0.717, 1.165) is 39.3 Å². The molecular weight excluding hydrogens is 540 g/mol. The number of ketones is 1. The second-order valence-electron chi connectivity index (χ2n) is 10.0. The molecule has 0 aromatic heterocycles. The van der Waals surface area contributed by atoms with Crippen LogP contribution in [-0.4, -0.2) is 26.0 Å². The Kier molecular flexibility index (Phi) is 10.7. The predicted molar refractivity (Wildman–Crippen MR) is 166 cm³/mol.